The van der Waals surface area contributed by atoms with Crippen LogP contribution < -0.4 is 0 Å². The first-order valence-corrected chi connectivity index (χ1v) is 5.53. The van der Waals surface area contributed by atoms with Crippen LogP contribution in [0.5, 0.6) is 0 Å². The van der Waals surface area contributed by atoms with Gasteiger partial charge in [0.2, 0.25) is 0 Å². The lowest BCUT2D eigenvalue weighted by Crippen LogP contribution is -2.43. The average molecular weight is 249 g/mol. The van der Waals surface area contributed by atoms with Crippen LogP contribution in [0.3, 0.4) is 0 Å². The molecule has 0 amide bonds. The highest BCUT2D eigenvalue weighted by molar-refractivity contribution is 6.45. The van der Waals surface area contributed by atoms with E-state index in [1.165, 1.54) is 6.08 Å². The van der Waals surface area contributed by atoms with Gasteiger partial charge >= 0.3 is 5.97 Å². The molecule has 0 aromatic heterocycles. The van der Waals surface area contributed by atoms with Crippen molar-refractivity contribution in [3.63, 3.8) is 0 Å². The summed E-state index contributed by atoms with van der Waals surface area (Å²) in [5, 5.41) is 0. The Morgan fingerprint density at radius 3 is 2.80 bits per heavy atom. The van der Waals surface area contributed by atoms with Crippen LogP contribution in [0.2, 0.25) is 0 Å². The Hall–Kier alpha value is -0.540. The van der Waals surface area contributed by atoms with Crippen molar-refractivity contribution >= 4 is 35.0 Å². The summed E-state index contributed by atoms with van der Waals surface area (Å²) in [6, 6.07) is 0. The van der Waals surface area contributed by atoms with E-state index in [1.807, 2.05) is 6.92 Å². The molecular weight excluding hydrogens is 239 g/mol. The van der Waals surface area contributed by atoms with E-state index in [0.717, 1.165) is 0 Å². The van der Waals surface area contributed by atoms with Crippen molar-refractivity contribution in [3.8, 4) is 0 Å². The van der Waals surface area contributed by atoms with Gasteiger partial charge < -0.3 is 4.74 Å². The third kappa shape index (κ3) is 1.58. The molecule has 3 atom stereocenters. The Morgan fingerprint density at radius 1 is 1.53 bits per heavy atom. The molecule has 0 N–H and O–H groups in total. The molecule has 2 rings (SSSR count). The zero-order valence-electron chi connectivity index (χ0n) is 8.07. The van der Waals surface area contributed by atoms with Crippen molar-refractivity contribution in [2.75, 3.05) is 0 Å². The Bertz CT molecular complexity index is 351. The first kappa shape index (κ1) is 11.0. The fourth-order valence-corrected chi connectivity index (χ4v) is 2.54. The number of alkyl halides is 2. The monoisotopic (exact) mass is 248 g/mol. The first-order valence-electron chi connectivity index (χ1n) is 4.66. The van der Waals surface area contributed by atoms with E-state index >= 15 is 0 Å². The van der Waals surface area contributed by atoms with Gasteiger partial charge in [-0.3, -0.25) is 9.59 Å². The third-order valence-corrected chi connectivity index (χ3v) is 4.11. The molecule has 0 unspecified atom stereocenters. The van der Waals surface area contributed by atoms with Crippen LogP contribution in [0.1, 0.15) is 13.3 Å². The Labute approximate surface area is 97.4 Å². The first-order chi connectivity index (χ1) is 6.95. The highest BCUT2D eigenvalue weighted by Gasteiger charge is 2.53. The van der Waals surface area contributed by atoms with E-state index < -0.39 is 16.4 Å². The average Bonchev–Trinajstić information content (AvgIpc) is 2.55. The Kier molecular flexibility index (Phi) is 2.55. The second kappa shape index (κ2) is 3.49. The molecule has 1 fully saturated rings. The molecule has 0 aromatic rings. The molecule has 82 valence electrons. The van der Waals surface area contributed by atoms with Gasteiger partial charge in [0.1, 0.15) is 4.84 Å². The second-order valence-corrected chi connectivity index (χ2v) is 5.22. The number of fused-ring (bicyclic) bond motifs is 1. The summed E-state index contributed by atoms with van der Waals surface area (Å²) in [6.45, 7) is 1.83. The largest absolute Gasteiger partial charge is 0.454 e. The summed E-state index contributed by atoms with van der Waals surface area (Å²) in [5.74, 6) is -0.790. The van der Waals surface area contributed by atoms with Crippen molar-refractivity contribution in [2.24, 2.45) is 11.3 Å². The topological polar surface area (TPSA) is 43.4 Å². The van der Waals surface area contributed by atoms with E-state index in [4.69, 9.17) is 27.9 Å². The third-order valence-electron chi connectivity index (χ3n) is 3.17. The molecule has 1 heterocycles. The quantitative estimate of drug-likeness (QED) is 0.526. The lowest BCUT2D eigenvalue weighted by molar-refractivity contribution is -0.147. The molecule has 2 aliphatic rings. The number of hydrogen-bond donors (Lipinski definition) is 0. The number of rotatable bonds is 1. The summed E-state index contributed by atoms with van der Waals surface area (Å²) in [5.41, 5.74) is -0.576. The smallest absolute Gasteiger partial charge is 0.306 e. The van der Waals surface area contributed by atoms with Gasteiger partial charge in [-0.25, -0.2) is 0 Å². The number of esters is 1. The van der Waals surface area contributed by atoms with Gasteiger partial charge in [0.15, 0.2) is 11.9 Å². The van der Waals surface area contributed by atoms with Crippen molar-refractivity contribution in [2.45, 2.75) is 24.3 Å². The van der Waals surface area contributed by atoms with Crippen LogP contribution in [-0.4, -0.2) is 22.7 Å². The highest BCUT2D eigenvalue weighted by Crippen LogP contribution is 2.47. The lowest BCUT2D eigenvalue weighted by atomic mass is 9.70. The van der Waals surface area contributed by atoms with Gasteiger partial charge in [0.05, 0.1) is 6.42 Å². The second-order valence-electron chi connectivity index (χ2n) is 4.12. The number of ether oxygens (including phenoxy) is 1. The van der Waals surface area contributed by atoms with Gasteiger partial charge in [0.25, 0.3) is 0 Å². The Morgan fingerprint density at radius 2 is 2.20 bits per heavy atom. The van der Waals surface area contributed by atoms with Crippen molar-refractivity contribution < 1.29 is 14.3 Å². The molecule has 0 spiro atoms. The molecule has 0 bridgehead atoms. The normalized spacial score (nSPS) is 39.5. The standard InChI is InChI=1S/C10H10Cl2O3/c1-10(9(11)12)3-2-6(13)8-5(10)4-7(14)15-8/h2-3,5,8-9H,4H2,1H3/t5-,8+,10+/m0/s1. The minimum absolute atomic E-state index is 0.183. The molecule has 5 heteroatoms. The van der Waals surface area contributed by atoms with Gasteiger partial charge in [0, 0.05) is 11.3 Å². The van der Waals surface area contributed by atoms with Crippen LogP contribution in [-0.2, 0) is 14.3 Å². The summed E-state index contributed by atoms with van der Waals surface area (Å²) in [6.07, 6.45) is 2.58. The summed E-state index contributed by atoms with van der Waals surface area (Å²) < 4.78 is 4.97. The molecule has 1 saturated heterocycles. The van der Waals surface area contributed by atoms with Crippen molar-refractivity contribution in [1.82, 2.24) is 0 Å². The molecule has 1 aliphatic carbocycles. The molecule has 1 aliphatic heterocycles. The maximum Gasteiger partial charge on any atom is 0.306 e. The Balaban J connectivity index is 2.39. The van der Waals surface area contributed by atoms with Crippen molar-refractivity contribution in [1.29, 1.82) is 0 Å². The van der Waals surface area contributed by atoms with Gasteiger partial charge in [-0.2, -0.15) is 0 Å². The number of ketones is 1. The summed E-state index contributed by atoms with van der Waals surface area (Å²) in [4.78, 5) is 22.0. The van der Waals surface area contributed by atoms with Crippen LogP contribution in [0, 0.1) is 11.3 Å². The fourth-order valence-electron chi connectivity index (χ4n) is 2.08. The van der Waals surface area contributed by atoms with E-state index in [9.17, 15) is 9.59 Å². The van der Waals surface area contributed by atoms with E-state index in [1.54, 1.807) is 6.08 Å². The highest BCUT2D eigenvalue weighted by atomic mass is 35.5. The number of halogens is 2. The van der Waals surface area contributed by atoms with Gasteiger partial charge in [-0.05, 0) is 6.08 Å². The predicted molar refractivity (Wildman–Crippen MR) is 55.7 cm³/mol. The zero-order valence-corrected chi connectivity index (χ0v) is 9.59. The minimum Gasteiger partial charge on any atom is -0.454 e. The van der Waals surface area contributed by atoms with Crippen molar-refractivity contribution in [3.05, 3.63) is 12.2 Å². The van der Waals surface area contributed by atoms with E-state index in [2.05, 4.69) is 0 Å². The number of allylic oxidation sites excluding steroid dienone is 1. The van der Waals surface area contributed by atoms with Crippen LogP contribution >= 0.6 is 23.2 Å². The lowest BCUT2D eigenvalue weighted by Gasteiger charge is -2.37. The molecule has 0 saturated carbocycles. The summed E-state index contributed by atoms with van der Waals surface area (Å²) >= 11 is 11.8. The van der Waals surface area contributed by atoms with E-state index in [0.29, 0.717) is 0 Å². The zero-order chi connectivity index (χ0) is 11.2. The number of carbonyl (C=O) groups is 2. The SMILES string of the molecule is C[C@@]1(C(Cl)Cl)C=CC(=O)[C@@H]2OC(=O)C[C@@H]21. The number of carbonyl (C=O) groups excluding carboxylic acids is 2. The van der Waals surface area contributed by atoms with Gasteiger partial charge in [-0.15, -0.1) is 23.2 Å². The maximum absolute atomic E-state index is 11.5. The molecule has 0 radical (unpaired) electrons. The predicted octanol–water partition coefficient (Wildman–Crippen LogP) is 1.87. The van der Waals surface area contributed by atoms with E-state index in [-0.39, 0.29) is 24.1 Å². The minimum atomic E-state index is -0.701. The van der Waals surface area contributed by atoms with Crippen LogP contribution in [0.15, 0.2) is 12.2 Å². The van der Waals surface area contributed by atoms with Gasteiger partial charge in [-0.1, -0.05) is 13.0 Å². The molecule has 3 nitrogen and oxygen atoms in total. The molecule has 0 aromatic carbocycles. The van der Waals surface area contributed by atoms with Crippen LogP contribution in [0.4, 0.5) is 0 Å². The number of hydrogen-bond acceptors (Lipinski definition) is 3. The summed E-state index contributed by atoms with van der Waals surface area (Å²) in [7, 11) is 0. The fraction of sp³-hybridized carbons (Fsp3) is 0.600. The maximum atomic E-state index is 11.5. The van der Waals surface area contributed by atoms with Crippen LogP contribution in [0.25, 0.3) is 0 Å². The molecule has 15 heavy (non-hydrogen) atoms. The molecular formula is C10H10Cl2O3.